The van der Waals surface area contributed by atoms with Gasteiger partial charge < -0.3 is 54.6 Å². The number of anilines is 4. The predicted molar refractivity (Wildman–Crippen MR) is 420 cm³/mol. The van der Waals surface area contributed by atoms with E-state index in [-0.39, 0.29) is 21.0 Å². The smallest absolute Gasteiger partial charge is 0.248 e. The Bertz CT molecular complexity index is 5570. The number of imidazole rings is 2. The molecule has 24 nitrogen and oxygen atoms in total. The minimum atomic E-state index is -3.66. The highest BCUT2D eigenvalue weighted by Gasteiger charge is 2.28. The molecule has 0 bridgehead atoms. The highest BCUT2D eigenvalue weighted by atomic mass is 35.5. The van der Waals surface area contributed by atoms with Crippen molar-refractivity contribution in [2.75, 3.05) is 122 Å². The lowest BCUT2D eigenvalue weighted by Crippen LogP contribution is -2.43. The third-order valence-corrected chi connectivity index (χ3v) is 21.5. The van der Waals surface area contributed by atoms with Gasteiger partial charge in [-0.25, -0.2) is 43.3 Å². The molecule has 32 heteroatoms. The van der Waals surface area contributed by atoms with Crippen LogP contribution >= 0.6 is 81.4 Å². The molecule has 542 valence electrons. The molecule has 4 N–H and O–H groups in total. The summed E-state index contributed by atoms with van der Waals surface area (Å²) < 4.78 is 61.1. The molecule has 105 heavy (non-hydrogen) atoms. The van der Waals surface area contributed by atoms with E-state index >= 15 is 0 Å². The number of pyridine rings is 3. The summed E-state index contributed by atoms with van der Waals surface area (Å²) in [4.78, 5) is 45.5. The fraction of sp³-hybridized carbons (Fsp3) is 0.247. The third-order valence-electron chi connectivity index (χ3n) is 17.8. The fourth-order valence-electron chi connectivity index (χ4n) is 12.6. The molecule has 2 aliphatic rings. The molecule has 0 atom stereocenters. The van der Waals surface area contributed by atoms with Gasteiger partial charge in [0.15, 0.2) is 22.1 Å². The van der Waals surface area contributed by atoms with Gasteiger partial charge in [0.1, 0.15) is 51.6 Å². The molecular formula is C73H68Cl6N16O8S2. The number of nitrogens with two attached hydrogens (primary N) is 1. The third kappa shape index (κ3) is 14.6. The molecule has 0 aliphatic carbocycles. The Morgan fingerprint density at radius 1 is 0.495 bits per heavy atom. The number of ether oxygens (including phenoxy) is 6. The number of benzene rings is 5. The Balaban J connectivity index is 0.000000144. The Morgan fingerprint density at radius 2 is 0.924 bits per heavy atom. The number of nitrogens with one attached hydrogen (secondary N) is 2. The number of piperidine rings is 1. The number of rotatable bonds is 16. The van der Waals surface area contributed by atoms with Gasteiger partial charge in [0, 0.05) is 174 Å². The molecule has 8 aromatic heterocycles. The van der Waals surface area contributed by atoms with Crippen LogP contribution in [-0.4, -0.2) is 164 Å². The number of sulfone groups is 1. The van der Waals surface area contributed by atoms with E-state index in [0.29, 0.717) is 138 Å². The monoisotopic (exact) mass is 1570 g/mol. The van der Waals surface area contributed by atoms with E-state index in [4.69, 9.17) is 119 Å². The second-order valence-electron chi connectivity index (χ2n) is 24.1. The maximum atomic E-state index is 12.3. The van der Waals surface area contributed by atoms with E-state index in [0.717, 1.165) is 78.8 Å². The van der Waals surface area contributed by atoms with Crippen molar-refractivity contribution in [2.24, 2.45) is 0 Å². The highest BCUT2D eigenvalue weighted by Crippen LogP contribution is 2.51. The molecule has 2 aliphatic heterocycles. The van der Waals surface area contributed by atoms with E-state index in [1.807, 2.05) is 41.2 Å². The molecule has 5 aromatic carbocycles. The SMILES string of the molecule is CNc1ncc2cc(-c3c(Cl)c(OC)cc(OC)c3Cl)c3nc(-c4cccc(N5CCNCC5)c4)cn3c2n1.COc1cc(OC)c(Cl)c(-c2cc3cnc(S(C)(=O)=O)nc3n3cc(-c4cccc(N5CCCCC5)c4)nc23)c1Cl.COc1cc(OC)c(Cl)c(-c2cc3cnc(SC)nc3nc2N)c1Cl. The second kappa shape index (κ2) is 31.4. The standard InChI is InChI=1S/C29H27Cl2N5O4S.C28H27Cl2N7O2.C16H14Cl2N4O2S/c1-39-22-14-23(40-2)26(31)24(25(22)30)20-13-18-15-32-29(41(3,37)38)34-27(18)36-16-21(33-28(20)36)17-8-7-9-19(12-17)35-10-5-4-6-11-35;1-31-28-33-14-17-12-19(23-24(29)21(38-2)13-22(39-3)25(23)30)27-34-20(15-37(27)26(17)35-28)16-5-4-6-18(11-16)36-9-7-32-8-10-36;1-23-9-5-10(24-2)13(18)11(12(9)17)8-4-7-6-20-16(25-3)22-15(7)21-14(8)19/h7-9,12-16H,4-6,10-11H2,1-3H3;4-6,11-15,32H,7-10H2,1-3H3,(H,31,33,35);4-6H,1-3H3,(H2,19,20,21,22). The van der Waals surface area contributed by atoms with Crippen molar-refractivity contribution in [1.29, 1.82) is 0 Å². The van der Waals surface area contributed by atoms with Crippen LogP contribution in [0, 0.1) is 0 Å². The van der Waals surface area contributed by atoms with Gasteiger partial charge in [-0.1, -0.05) is 106 Å². The molecule has 2 fully saturated rings. The van der Waals surface area contributed by atoms with Crippen molar-refractivity contribution in [1.82, 2.24) is 59.0 Å². The minimum absolute atomic E-state index is 0.248. The number of nitrogens with zero attached hydrogens (tertiary/aromatic N) is 13. The van der Waals surface area contributed by atoms with Gasteiger partial charge in [-0.3, -0.25) is 8.80 Å². The maximum Gasteiger partial charge on any atom is 0.248 e. The summed E-state index contributed by atoms with van der Waals surface area (Å²) in [6.07, 6.45) is 15.3. The quantitative estimate of drug-likeness (QED) is 0.0599. The van der Waals surface area contributed by atoms with Crippen molar-refractivity contribution in [3.63, 3.8) is 0 Å². The average Bonchev–Trinajstić information content (AvgIpc) is 1.68. The van der Waals surface area contributed by atoms with Gasteiger partial charge in [0.05, 0.1) is 84.2 Å². The first-order valence-electron chi connectivity index (χ1n) is 32.7. The summed E-state index contributed by atoms with van der Waals surface area (Å²) in [7, 11) is 7.29. The zero-order valence-corrected chi connectivity index (χ0v) is 64.2. The molecule has 0 unspecified atom stereocenters. The summed E-state index contributed by atoms with van der Waals surface area (Å²) >= 11 is 41.7. The lowest BCUT2D eigenvalue weighted by molar-refractivity contribution is 0.395. The van der Waals surface area contributed by atoms with Crippen LogP contribution in [0.1, 0.15) is 19.3 Å². The van der Waals surface area contributed by atoms with E-state index in [1.165, 1.54) is 71.3 Å². The molecule has 10 heterocycles. The molecule has 13 aromatic rings. The van der Waals surface area contributed by atoms with Gasteiger partial charge in [-0.15, -0.1) is 0 Å². The summed E-state index contributed by atoms with van der Waals surface area (Å²) in [5, 5.41) is 10.8. The topological polar surface area (TPSA) is 271 Å². The van der Waals surface area contributed by atoms with Crippen LogP contribution in [0.3, 0.4) is 0 Å². The zero-order chi connectivity index (χ0) is 74.1. The Labute approximate surface area is 638 Å². The van der Waals surface area contributed by atoms with Crippen molar-refractivity contribution in [2.45, 2.75) is 29.6 Å². The molecular weight excluding hydrogens is 1510 g/mol. The summed E-state index contributed by atoms with van der Waals surface area (Å²) in [5.41, 5.74) is 17.9. The van der Waals surface area contributed by atoms with Gasteiger partial charge in [0.25, 0.3) is 0 Å². The van der Waals surface area contributed by atoms with Crippen LogP contribution in [-0.2, 0) is 9.84 Å². The van der Waals surface area contributed by atoms with E-state index < -0.39 is 9.84 Å². The first-order valence-corrected chi connectivity index (χ1v) is 38.0. The van der Waals surface area contributed by atoms with Crippen LogP contribution < -0.4 is 54.6 Å². The average molecular weight is 1570 g/mol. The molecule has 2 saturated heterocycles. The van der Waals surface area contributed by atoms with Crippen molar-refractivity contribution < 1.29 is 36.8 Å². The van der Waals surface area contributed by atoms with Crippen LogP contribution in [0.15, 0.2) is 126 Å². The number of hydrogen-bond acceptors (Lipinski definition) is 23. The number of piperazine rings is 1. The van der Waals surface area contributed by atoms with Gasteiger partial charge in [-0.2, -0.15) is 9.97 Å². The largest absolute Gasteiger partial charge is 0.495 e. The van der Waals surface area contributed by atoms with E-state index in [2.05, 4.69) is 86.7 Å². The Kier molecular flexibility index (Phi) is 22.1. The number of halogens is 6. The van der Waals surface area contributed by atoms with E-state index in [1.54, 1.807) is 68.4 Å². The number of nitrogen functional groups attached to an aromatic ring is 1. The predicted octanol–water partition coefficient (Wildman–Crippen LogP) is 16.0. The number of thioether (sulfide) groups is 1. The Hall–Kier alpha value is -9.35. The fourth-order valence-corrected chi connectivity index (χ4v) is 15.6. The maximum absolute atomic E-state index is 12.3. The highest BCUT2D eigenvalue weighted by molar-refractivity contribution is 7.98. The van der Waals surface area contributed by atoms with Crippen LogP contribution in [0.25, 0.3) is 100 Å². The summed E-state index contributed by atoms with van der Waals surface area (Å²) in [5.74, 6) is 3.25. The number of methoxy groups -OCH3 is 6. The number of fused-ring (bicyclic) bond motifs is 7. The molecule has 0 saturated carbocycles. The van der Waals surface area contributed by atoms with Crippen LogP contribution in [0.2, 0.25) is 30.1 Å². The zero-order valence-electron chi connectivity index (χ0n) is 58.1. The van der Waals surface area contributed by atoms with Crippen molar-refractivity contribution >= 4 is 159 Å². The summed E-state index contributed by atoms with van der Waals surface area (Å²) in [6.45, 7) is 5.88. The lowest BCUT2D eigenvalue weighted by Gasteiger charge is -2.29. The normalized spacial score (nSPS) is 13.2. The van der Waals surface area contributed by atoms with E-state index in [9.17, 15) is 8.42 Å². The summed E-state index contributed by atoms with van der Waals surface area (Å²) in [6, 6.07) is 27.2. The van der Waals surface area contributed by atoms with Crippen LogP contribution in [0.5, 0.6) is 34.5 Å². The van der Waals surface area contributed by atoms with Gasteiger partial charge in [-0.05, 0) is 68.0 Å². The van der Waals surface area contributed by atoms with Crippen molar-refractivity contribution in [3.8, 4) is 90.4 Å². The molecule has 0 radical (unpaired) electrons. The van der Waals surface area contributed by atoms with Crippen molar-refractivity contribution in [3.05, 3.63) is 146 Å². The number of aromatic nitrogens is 11. The minimum Gasteiger partial charge on any atom is -0.495 e. The molecule has 15 rings (SSSR count). The Morgan fingerprint density at radius 3 is 1.37 bits per heavy atom. The van der Waals surface area contributed by atoms with Gasteiger partial charge in [0.2, 0.25) is 20.9 Å². The first kappa shape index (κ1) is 73.9. The number of hydrogen-bond donors (Lipinski definition) is 3. The first-order chi connectivity index (χ1) is 50.7. The van der Waals surface area contributed by atoms with Crippen LogP contribution in [0.4, 0.5) is 23.1 Å². The van der Waals surface area contributed by atoms with Gasteiger partial charge >= 0.3 is 0 Å². The lowest BCUT2D eigenvalue weighted by atomic mass is 10.0. The molecule has 0 spiro atoms. The molecule has 0 amide bonds. The second-order valence-corrected chi connectivity index (χ2v) is 29.1.